The topological polar surface area (TPSA) is 84.3 Å². The van der Waals surface area contributed by atoms with E-state index in [0.29, 0.717) is 29.5 Å². The third kappa shape index (κ3) is 5.51. The number of para-hydroxylation sites is 1. The second kappa shape index (κ2) is 11.0. The van der Waals surface area contributed by atoms with Gasteiger partial charge in [-0.3, -0.25) is 14.4 Å². The van der Waals surface area contributed by atoms with Gasteiger partial charge < -0.3 is 10.2 Å². The van der Waals surface area contributed by atoms with Crippen LogP contribution in [0, 0.1) is 5.92 Å². The Morgan fingerprint density at radius 1 is 0.917 bits per heavy atom. The van der Waals surface area contributed by atoms with Crippen molar-refractivity contribution in [1.82, 2.24) is 9.78 Å². The molecule has 0 fully saturated rings. The molecule has 0 radical (unpaired) electrons. The first-order valence-electron chi connectivity index (χ1n) is 12.1. The summed E-state index contributed by atoms with van der Waals surface area (Å²) in [7, 11) is 0. The third-order valence-electron chi connectivity index (χ3n) is 5.87. The van der Waals surface area contributed by atoms with Gasteiger partial charge in [0.15, 0.2) is 5.69 Å². The molecule has 0 spiro atoms. The number of nitrogens with one attached hydrogen (secondary N) is 1. The Morgan fingerprint density at radius 2 is 1.56 bits per heavy atom. The van der Waals surface area contributed by atoms with Gasteiger partial charge in [-0.05, 0) is 48.7 Å². The monoisotopic (exact) mass is 482 g/mol. The lowest BCUT2D eigenvalue weighted by Crippen LogP contribution is -2.31. The number of fused-ring (bicyclic) bond motifs is 1. The Labute approximate surface area is 210 Å². The number of aromatic nitrogens is 2. The van der Waals surface area contributed by atoms with Crippen LogP contribution in [0.5, 0.6) is 0 Å². The van der Waals surface area contributed by atoms with Crippen molar-refractivity contribution in [2.24, 2.45) is 5.92 Å². The van der Waals surface area contributed by atoms with Crippen LogP contribution < -0.4 is 15.8 Å². The van der Waals surface area contributed by atoms with E-state index < -0.39 is 5.91 Å². The first kappa shape index (κ1) is 24.9. The molecule has 1 N–H and O–H groups in total. The Kier molecular flexibility index (Phi) is 7.59. The molecule has 36 heavy (non-hydrogen) atoms. The minimum atomic E-state index is -0.395. The van der Waals surface area contributed by atoms with Gasteiger partial charge >= 0.3 is 0 Å². The van der Waals surface area contributed by atoms with Gasteiger partial charge in [-0.15, -0.1) is 0 Å². The molecule has 0 bridgehead atoms. The lowest BCUT2D eigenvalue weighted by Gasteiger charge is -2.21. The minimum absolute atomic E-state index is 0.00330. The number of likely N-dealkylation sites (N-methyl/N-ethyl adjacent to an activating group) is 1. The highest BCUT2D eigenvalue weighted by Gasteiger charge is 2.18. The Morgan fingerprint density at radius 3 is 2.19 bits per heavy atom. The maximum absolute atomic E-state index is 13.2. The van der Waals surface area contributed by atoms with E-state index in [1.165, 1.54) is 4.68 Å². The molecule has 0 saturated heterocycles. The SMILES string of the molecule is CCN(C(=O)Cc1ccc(NC(=O)c2nn(CC(C)C)c(=O)c3ccccc23)cc1)c1ccccc1. The highest BCUT2D eigenvalue weighted by atomic mass is 16.2. The van der Waals surface area contributed by atoms with E-state index in [4.69, 9.17) is 0 Å². The average molecular weight is 483 g/mol. The Balaban J connectivity index is 1.52. The maximum atomic E-state index is 13.2. The highest BCUT2D eigenvalue weighted by molar-refractivity contribution is 6.11. The first-order valence-corrected chi connectivity index (χ1v) is 12.1. The van der Waals surface area contributed by atoms with Gasteiger partial charge in [-0.1, -0.05) is 62.4 Å². The van der Waals surface area contributed by atoms with Crippen molar-refractivity contribution < 1.29 is 9.59 Å². The van der Waals surface area contributed by atoms with Gasteiger partial charge in [0.05, 0.1) is 11.8 Å². The van der Waals surface area contributed by atoms with Crippen LogP contribution in [0.25, 0.3) is 10.8 Å². The van der Waals surface area contributed by atoms with Crippen molar-refractivity contribution in [3.63, 3.8) is 0 Å². The van der Waals surface area contributed by atoms with Crippen LogP contribution in [0.4, 0.5) is 11.4 Å². The Bertz CT molecular complexity index is 1430. The van der Waals surface area contributed by atoms with Crippen LogP contribution in [0.15, 0.2) is 83.7 Å². The van der Waals surface area contributed by atoms with Gasteiger partial charge in [0, 0.05) is 29.9 Å². The second-order valence-corrected chi connectivity index (χ2v) is 9.08. The fourth-order valence-corrected chi connectivity index (χ4v) is 4.15. The van der Waals surface area contributed by atoms with Crippen LogP contribution in [0.1, 0.15) is 36.8 Å². The van der Waals surface area contributed by atoms with E-state index >= 15 is 0 Å². The minimum Gasteiger partial charge on any atom is -0.321 e. The summed E-state index contributed by atoms with van der Waals surface area (Å²) in [6.07, 6.45) is 0.253. The molecule has 0 unspecified atom stereocenters. The standard InChI is InChI=1S/C29H30N4O3/c1-4-32(23-10-6-5-7-11-23)26(34)18-21-14-16-22(17-15-21)30-28(35)27-24-12-8-9-13-25(24)29(36)33(31-27)19-20(2)3/h5-17,20H,4,18-19H2,1-3H3,(H,30,35). The van der Waals surface area contributed by atoms with E-state index in [0.717, 1.165) is 11.3 Å². The zero-order valence-corrected chi connectivity index (χ0v) is 20.8. The fraction of sp³-hybridized carbons (Fsp3) is 0.241. The molecular weight excluding hydrogens is 452 g/mol. The molecule has 0 aliphatic rings. The molecule has 7 nitrogen and oxygen atoms in total. The molecule has 1 heterocycles. The number of hydrogen-bond donors (Lipinski definition) is 1. The molecule has 0 aliphatic heterocycles. The quantitative estimate of drug-likeness (QED) is 0.387. The summed E-state index contributed by atoms with van der Waals surface area (Å²) in [5.74, 6) is -0.189. The summed E-state index contributed by atoms with van der Waals surface area (Å²) in [4.78, 5) is 40.6. The number of carbonyl (C=O) groups excluding carboxylic acids is 2. The molecule has 4 rings (SSSR count). The van der Waals surface area contributed by atoms with E-state index in [1.54, 1.807) is 41.3 Å². The Hall–Kier alpha value is -4.26. The van der Waals surface area contributed by atoms with Crippen LogP contribution in [0.3, 0.4) is 0 Å². The number of amides is 2. The molecule has 0 aliphatic carbocycles. The van der Waals surface area contributed by atoms with Crippen molar-refractivity contribution in [3.8, 4) is 0 Å². The van der Waals surface area contributed by atoms with Gasteiger partial charge in [-0.25, -0.2) is 4.68 Å². The fourth-order valence-electron chi connectivity index (χ4n) is 4.15. The summed E-state index contributed by atoms with van der Waals surface area (Å²) in [6.45, 7) is 6.94. The van der Waals surface area contributed by atoms with Crippen molar-refractivity contribution in [3.05, 3.63) is 100 Å². The lowest BCUT2D eigenvalue weighted by atomic mass is 10.1. The lowest BCUT2D eigenvalue weighted by molar-refractivity contribution is -0.117. The van der Waals surface area contributed by atoms with Gasteiger partial charge in [0.25, 0.3) is 11.5 Å². The number of rotatable bonds is 8. The van der Waals surface area contributed by atoms with Crippen LogP contribution >= 0.6 is 0 Å². The average Bonchev–Trinajstić information content (AvgIpc) is 2.88. The highest BCUT2D eigenvalue weighted by Crippen LogP contribution is 2.18. The smallest absolute Gasteiger partial charge is 0.276 e. The van der Waals surface area contributed by atoms with Gasteiger partial charge in [-0.2, -0.15) is 5.10 Å². The molecule has 7 heteroatoms. The zero-order valence-electron chi connectivity index (χ0n) is 20.8. The summed E-state index contributed by atoms with van der Waals surface area (Å²) in [5.41, 5.74) is 2.29. The van der Waals surface area contributed by atoms with Crippen LogP contribution in [-0.4, -0.2) is 28.1 Å². The normalized spacial score (nSPS) is 11.0. The molecule has 2 amide bonds. The molecule has 0 saturated carbocycles. The number of nitrogens with zero attached hydrogens (tertiary/aromatic N) is 3. The molecule has 184 valence electrons. The van der Waals surface area contributed by atoms with E-state index in [1.807, 2.05) is 63.2 Å². The van der Waals surface area contributed by atoms with E-state index in [-0.39, 0.29) is 29.5 Å². The molecule has 1 aromatic heterocycles. The predicted octanol–water partition coefficient (Wildman–Crippen LogP) is 4.90. The summed E-state index contributed by atoms with van der Waals surface area (Å²) >= 11 is 0. The number of anilines is 2. The molecular formula is C29H30N4O3. The molecule has 3 aromatic carbocycles. The van der Waals surface area contributed by atoms with Crippen molar-refractivity contribution >= 4 is 34.0 Å². The number of hydrogen-bond acceptors (Lipinski definition) is 4. The number of benzene rings is 3. The van der Waals surface area contributed by atoms with Crippen molar-refractivity contribution in [2.75, 3.05) is 16.8 Å². The first-order chi connectivity index (χ1) is 17.4. The number of carbonyl (C=O) groups is 2. The van der Waals surface area contributed by atoms with Gasteiger partial charge in [0.2, 0.25) is 5.91 Å². The molecule has 0 atom stereocenters. The zero-order chi connectivity index (χ0) is 25.7. The summed E-state index contributed by atoms with van der Waals surface area (Å²) in [5, 5.41) is 8.25. The molecule has 4 aromatic rings. The predicted molar refractivity (Wildman–Crippen MR) is 143 cm³/mol. The summed E-state index contributed by atoms with van der Waals surface area (Å²) in [6, 6.07) is 23.8. The maximum Gasteiger partial charge on any atom is 0.276 e. The third-order valence-corrected chi connectivity index (χ3v) is 5.87. The van der Waals surface area contributed by atoms with E-state index in [9.17, 15) is 14.4 Å². The second-order valence-electron chi connectivity index (χ2n) is 9.08. The van der Waals surface area contributed by atoms with Crippen LogP contribution in [0.2, 0.25) is 0 Å². The summed E-state index contributed by atoms with van der Waals surface area (Å²) < 4.78 is 1.36. The van der Waals surface area contributed by atoms with Gasteiger partial charge in [0.1, 0.15) is 0 Å². The van der Waals surface area contributed by atoms with E-state index in [2.05, 4.69) is 10.4 Å². The largest absolute Gasteiger partial charge is 0.321 e. The van der Waals surface area contributed by atoms with Crippen molar-refractivity contribution in [1.29, 1.82) is 0 Å². The van der Waals surface area contributed by atoms with Crippen molar-refractivity contribution in [2.45, 2.75) is 33.7 Å². The van der Waals surface area contributed by atoms with Crippen LogP contribution in [-0.2, 0) is 17.8 Å².